The van der Waals surface area contributed by atoms with Gasteiger partial charge in [-0.25, -0.2) is 0 Å². The van der Waals surface area contributed by atoms with Gasteiger partial charge in [-0.15, -0.1) is 0 Å². The number of hydrogen-bond acceptors (Lipinski definition) is 2. The van der Waals surface area contributed by atoms with Crippen molar-refractivity contribution in [1.82, 2.24) is 0 Å². The van der Waals surface area contributed by atoms with Crippen molar-refractivity contribution in [1.29, 1.82) is 0 Å². The first-order valence-electron chi connectivity index (χ1n) is 4.54. The Bertz CT molecular complexity index is 321. The van der Waals surface area contributed by atoms with E-state index in [4.69, 9.17) is 11.5 Å². The van der Waals surface area contributed by atoms with Crippen molar-refractivity contribution in [2.24, 2.45) is 0 Å². The molecule has 105 valence electrons. The number of anilines is 2. The van der Waals surface area contributed by atoms with Crippen LogP contribution in [0.25, 0.3) is 0 Å². The third kappa shape index (κ3) is 18.6. The summed E-state index contributed by atoms with van der Waals surface area (Å²) in [6.07, 6.45) is 0. The molecule has 2 rings (SSSR count). The van der Waals surface area contributed by atoms with Gasteiger partial charge in [0.05, 0.1) is 0 Å². The van der Waals surface area contributed by atoms with Crippen LogP contribution in [0.4, 0.5) is 11.4 Å². The second kappa shape index (κ2) is 20.9. The van der Waals surface area contributed by atoms with E-state index < -0.39 is 0 Å². The van der Waals surface area contributed by atoms with Crippen LogP contribution in [-0.4, -0.2) is 0 Å². The molecule has 0 heterocycles. The van der Waals surface area contributed by atoms with Crippen molar-refractivity contribution < 1.29 is 32.7 Å². The van der Waals surface area contributed by atoms with E-state index in [-0.39, 0.29) is 47.6 Å². The number of hydrogen-bond donors (Lipinski definition) is 2. The molecule has 0 spiro atoms. The number of nitrogen functional groups attached to an aromatic ring is 2. The van der Waals surface area contributed by atoms with Crippen LogP contribution < -0.4 is 11.5 Å². The molecule has 2 aromatic carbocycles. The van der Waals surface area contributed by atoms with Crippen LogP contribution in [0.1, 0.15) is 0 Å². The van der Waals surface area contributed by atoms with Crippen molar-refractivity contribution in [3.05, 3.63) is 75.5 Å². The minimum atomic E-state index is 0. The normalized spacial score (nSPS) is 6.63. The molecule has 19 heavy (non-hydrogen) atoms. The van der Waals surface area contributed by atoms with Crippen molar-refractivity contribution in [3.63, 3.8) is 0 Å². The molecule has 0 aliphatic carbocycles. The molecule has 0 bridgehead atoms. The third-order valence-corrected chi connectivity index (χ3v) is 1.60. The number of halogens is 2. The van der Waals surface area contributed by atoms with E-state index in [1.54, 1.807) is 0 Å². The Morgan fingerprint density at radius 1 is 0.579 bits per heavy atom. The predicted molar refractivity (Wildman–Crippen MR) is 103 cm³/mol. The molecule has 0 saturated carbocycles. The summed E-state index contributed by atoms with van der Waals surface area (Å²) < 4.78 is 0. The molecule has 1 radical (unpaired) electrons. The zero-order chi connectivity index (χ0) is 12.2. The van der Waals surface area contributed by atoms with Gasteiger partial charge in [-0.2, -0.15) is 0 Å². The average Bonchev–Trinajstić information content (AvgIpc) is 2.34. The van der Waals surface area contributed by atoms with Gasteiger partial charge in [0.1, 0.15) is 0 Å². The molecule has 0 aromatic heterocycles. The summed E-state index contributed by atoms with van der Waals surface area (Å²) in [5, 5.41) is 0. The average molecular weight is 559 g/mol. The van der Waals surface area contributed by atoms with Crippen LogP contribution in [0, 0.1) is 14.9 Å². The first kappa shape index (κ1) is 27.9. The Morgan fingerprint density at radius 2 is 0.789 bits per heavy atom. The standard InChI is InChI=1S/2C6H7N.2CH3.I2.Y/c2*7-6-4-2-1-3-5-6;;;1-2;/h2*1-5H,7H2;2*1H3;;/q;;2*-1;;. The quantitative estimate of drug-likeness (QED) is 0.265. The van der Waals surface area contributed by atoms with Crippen molar-refractivity contribution in [2.75, 3.05) is 11.5 Å². The van der Waals surface area contributed by atoms with Crippen molar-refractivity contribution >= 4 is 48.6 Å². The first-order valence-corrected chi connectivity index (χ1v) is 10.8. The predicted octanol–water partition coefficient (Wildman–Crippen LogP) is 5.21. The van der Waals surface area contributed by atoms with Crippen LogP contribution >= 0.6 is 37.2 Å². The van der Waals surface area contributed by atoms with E-state index in [1.165, 1.54) is 0 Å². The molecule has 2 aromatic rings. The van der Waals surface area contributed by atoms with E-state index in [1.807, 2.05) is 60.7 Å². The SMILES string of the molecule is II.Nc1ccccc1.Nc1ccccc1.[CH3-].[CH3-].[Y]. The summed E-state index contributed by atoms with van der Waals surface area (Å²) >= 11 is 4.24. The number of nitrogens with two attached hydrogens (primary N) is 2. The van der Waals surface area contributed by atoms with Crippen molar-refractivity contribution in [2.45, 2.75) is 0 Å². The van der Waals surface area contributed by atoms with Gasteiger partial charge in [0.25, 0.3) is 0 Å². The minimum Gasteiger partial charge on any atom is -0.399 e. The molecule has 0 aliphatic rings. The second-order valence-electron chi connectivity index (χ2n) is 2.82. The molecule has 0 fully saturated rings. The largest absolute Gasteiger partial charge is 0.399 e. The number of para-hydroxylation sites is 2. The van der Waals surface area contributed by atoms with Crippen LogP contribution in [0.2, 0.25) is 0 Å². The second-order valence-corrected chi connectivity index (χ2v) is 2.82. The topological polar surface area (TPSA) is 52.0 Å². The van der Waals surface area contributed by atoms with E-state index in [0.717, 1.165) is 11.4 Å². The molecule has 5 heteroatoms. The summed E-state index contributed by atoms with van der Waals surface area (Å²) in [5.41, 5.74) is 12.4. The summed E-state index contributed by atoms with van der Waals surface area (Å²) in [6.45, 7) is 0. The maximum Gasteiger partial charge on any atom is 0.0313 e. The van der Waals surface area contributed by atoms with Crippen LogP contribution in [0.5, 0.6) is 0 Å². The third-order valence-electron chi connectivity index (χ3n) is 1.60. The molecule has 0 amide bonds. The zero-order valence-corrected chi connectivity index (χ0v) is 18.4. The molecular formula is C14H20I2N2Y-2. The Hall–Kier alpha value is 0.604. The Balaban J connectivity index is -0.0000000919. The molecule has 0 atom stereocenters. The zero-order valence-electron chi connectivity index (χ0n) is 11.3. The van der Waals surface area contributed by atoms with Gasteiger partial charge in [-0.05, 0) is 24.3 Å². The maximum atomic E-state index is 5.36. The summed E-state index contributed by atoms with van der Waals surface area (Å²) in [6, 6.07) is 19.0. The van der Waals surface area contributed by atoms with Gasteiger partial charge in [0, 0.05) is 81.3 Å². The maximum absolute atomic E-state index is 5.36. The number of benzene rings is 2. The Morgan fingerprint density at radius 3 is 0.895 bits per heavy atom. The van der Waals surface area contributed by atoms with Gasteiger partial charge < -0.3 is 26.3 Å². The fraction of sp³-hybridized carbons (Fsp3) is 0. The smallest absolute Gasteiger partial charge is 0.0313 e. The first-order chi connectivity index (χ1) is 7.79. The van der Waals surface area contributed by atoms with Gasteiger partial charge in [0.15, 0.2) is 0 Å². The molecule has 0 unspecified atom stereocenters. The Labute approximate surface area is 166 Å². The van der Waals surface area contributed by atoms with Crippen LogP contribution in [0.3, 0.4) is 0 Å². The Kier molecular flexibility index (Phi) is 30.7. The molecular weight excluding hydrogens is 539 g/mol. The van der Waals surface area contributed by atoms with E-state index in [2.05, 4.69) is 37.2 Å². The van der Waals surface area contributed by atoms with Gasteiger partial charge in [-0.3, -0.25) is 0 Å². The van der Waals surface area contributed by atoms with Crippen molar-refractivity contribution in [3.8, 4) is 0 Å². The van der Waals surface area contributed by atoms with E-state index in [0.29, 0.717) is 0 Å². The fourth-order valence-electron chi connectivity index (χ4n) is 0.906. The fourth-order valence-corrected chi connectivity index (χ4v) is 0.906. The molecule has 4 N–H and O–H groups in total. The number of rotatable bonds is 0. The van der Waals surface area contributed by atoms with Gasteiger partial charge in [0.2, 0.25) is 0 Å². The van der Waals surface area contributed by atoms with Gasteiger partial charge in [-0.1, -0.05) is 36.4 Å². The van der Waals surface area contributed by atoms with Gasteiger partial charge >= 0.3 is 0 Å². The van der Waals surface area contributed by atoms with E-state index >= 15 is 0 Å². The molecule has 2 nitrogen and oxygen atoms in total. The molecule has 0 aliphatic heterocycles. The summed E-state index contributed by atoms with van der Waals surface area (Å²) in [7, 11) is 0. The van der Waals surface area contributed by atoms with E-state index in [9.17, 15) is 0 Å². The monoisotopic (exact) mass is 559 g/mol. The van der Waals surface area contributed by atoms with Crippen LogP contribution in [0.15, 0.2) is 60.7 Å². The summed E-state index contributed by atoms with van der Waals surface area (Å²) in [4.78, 5) is 0. The summed E-state index contributed by atoms with van der Waals surface area (Å²) in [5.74, 6) is 0. The minimum absolute atomic E-state index is 0. The van der Waals surface area contributed by atoms with Crippen LogP contribution in [-0.2, 0) is 32.7 Å². The molecule has 0 saturated heterocycles.